The third-order valence-corrected chi connectivity index (χ3v) is 7.10. The lowest BCUT2D eigenvalue weighted by Crippen LogP contribution is -2.54. The molecule has 0 saturated carbocycles. The maximum Gasteiger partial charge on any atom is 0.335 e. The van der Waals surface area contributed by atoms with Gasteiger partial charge in [-0.25, -0.2) is 9.69 Å². The molecule has 0 aromatic heterocycles. The average Bonchev–Trinajstić information content (AvgIpc) is 2.72. The first-order valence-electron chi connectivity index (χ1n) is 11.1. The SMILES string of the molecule is CCN1c2cc(C)c(/C=C3\C(=O)NC(=O)N(c4ccc(Br)cc4)C3=O)cc2C(C)CC1(C)C. The molecule has 1 unspecified atom stereocenters. The van der Waals surface area contributed by atoms with Crippen molar-refractivity contribution < 1.29 is 14.4 Å². The Morgan fingerprint density at radius 3 is 2.45 bits per heavy atom. The van der Waals surface area contributed by atoms with Gasteiger partial charge in [-0.3, -0.25) is 14.9 Å². The number of nitrogens with one attached hydrogen (secondary N) is 1. The van der Waals surface area contributed by atoms with Crippen LogP contribution in [0.5, 0.6) is 0 Å². The van der Waals surface area contributed by atoms with E-state index in [1.807, 2.05) is 6.92 Å². The molecule has 2 aromatic rings. The Balaban J connectivity index is 1.77. The minimum atomic E-state index is -0.749. The van der Waals surface area contributed by atoms with E-state index in [4.69, 9.17) is 0 Å². The van der Waals surface area contributed by atoms with Crippen LogP contribution in [0, 0.1) is 6.92 Å². The number of urea groups is 1. The third-order valence-electron chi connectivity index (χ3n) is 6.58. The topological polar surface area (TPSA) is 69.7 Å². The monoisotopic (exact) mass is 509 g/mol. The molecule has 33 heavy (non-hydrogen) atoms. The standard InChI is InChI=1S/C26H28BrN3O3/c1-6-29-22-11-15(2)17(12-20(22)16(3)14-26(29,4)5)13-21-23(31)28-25(33)30(24(21)32)19-9-7-18(27)8-10-19/h7-13,16H,6,14H2,1-5H3,(H,28,31,33)/b21-13+. The molecule has 2 aliphatic heterocycles. The Kier molecular flexibility index (Phi) is 5.95. The molecule has 0 bridgehead atoms. The second-order valence-corrected chi connectivity index (χ2v) is 10.3. The third kappa shape index (κ3) is 4.10. The zero-order chi connectivity index (χ0) is 24.1. The van der Waals surface area contributed by atoms with Gasteiger partial charge in [0.1, 0.15) is 5.57 Å². The second kappa shape index (κ2) is 8.45. The number of amides is 4. The van der Waals surface area contributed by atoms with Gasteiger partial charge < -0.3 is 4.90 Å². The average molecular weight is 510 g/mol. The minimum Gasteiger partial charge on any atom is -0.366 e. The number of rotatable bonds is 3. The van der Waals surface area contributed by atoms with Gasteiger partial charge in [0.05, 0.1) is 5.69 Å². The van der Waals surface area contributed by atoms with E-state index >= 15 is 0 Å². The Bertz CT molecular complexity index is 1180. The van der Waals surface area contributed by atoms with Crippen molar-refractivity contribution in [3.8, 4) is 0 Å². The zero-order valence-corrected chi connectivity index (χ0v) is 21.1. The van der Waals surface area contributed by atoms with Gasteiger partial charge in [0, 0.05) is 22.2 Å². The molecule has 4 amide bonds. The highest BCUT2D eigenvalue weighted by Gasteiger charge is 2.38. The fraction of sp³-hybridized carbons (Fsp3) is 0.346. The highest BCUT2D eigenvalue weighted by molar-refractivity contribution is 9.10. The summed E-state index contributed by atoms with van der Waals surface area (Å²) in [5, 5.41) is 2.30. The first-order valence-corrected chi connectivity index (χ1v) is 11.9. The molecule has 4 rings (SSSR count). The summed E-state index contributed by atoms with van der Waals surface area (Å²) >= 11 is 3.35. The second-order valence-electron chi connectivity index (χ2n) is 9.36. The molecule has 1 atom stereocenters. The summed E-state index contributed by atoms with van der Waals surface area (Å²) in [7, 11) is 0. The number of anilines is 2. The van der Waals surface area contributed by atoms with E-state index in [-0.39, 0.29) is 11.1 Å². The van der Waals surface area contributed by atoms with Crippen molar-refractivity contribution in [2.75, 3.05) is 16.3 Å². The number of imide groups is 2. The van der Waals surface area contributed by atoms with E-state index in [9.17, 15) is 14.4 Å². The van der Waals surface area contributed by atoms with Crippen molar-refractivity contribution in [2.24, 2.45) is 0 Å². The van der Waals surface area contributed by atoms with Crippen molar-refractivity contribution in [1.82, 2.24) is 5.32 Å². The number of halogens is 1. The smallest absolute Gasteiger partial charge is 0.335 e. The number of carbonyl (C=O) groups is 3. The molecule has 2 aromatic carbocycles. The quantitative estimate of drug-likeness (QED) is 0.435. The summed E-state index contributed by atoms with van der Waals surface area (Å²) < 4.78 is 0.825. The molecule has 2 heterocycles. The van der Waals surface area contributed by atoms with E-state index in [0.29, 0.717) is 11.6 Å². The summed E-state index contributed by atoms with van der Waals surface area (Å²) in [4.78, 5) is 41.7. The molecule has 0 radical (unpaired) electrons. The van der Waals surface area contributed by atoms with E-state index in [2.05, 4.69) is 66.0 Å². The van der Waals surface area contributed by atoms with Gasteiger partial charge in [-0.2, -0.15) is 0 Å². The maximum absolute atomic E-state index is 13.2. The molecule has 0 aliphatic carbocycles. The van der Waals surface area contributed by atoms with Gasteiger partial charge in [0.2, 0.25) is 0 Å². The summed E-state index contributed by atoms with van der Waals surface area (Å²) in [5.41, 5.74) is 4.58. The molecular weight excluding hydrogens is 482 g/mol. The fourth-order valence-electron chi connectivity index (χ4n) is 5.04. The van der Waals surface area contributed by atoms with Crippen molar-refractivity contribution in [3.05, 3.63) is 63.1 Å². The van der Waals surface area contributed by atoms with Crippen molar-refractivity contribution in [2.45, 2.75) is 52.5 Å². The van der Waals surface area contributed by atoms with Crippen LogP contribution in [0.15, 0.2) is 46.4 Å². The summed E-state index contributed by atoms with van der Waals surface area (Å²) in [6.07, 6.45) is 2.62. The maximum atomic E-state index is 13.2. The number of hydrogen-bond acceptors (Lipinski definition) is 4. The Morgan fingerprint density at radius 1 is 1.15 bits per heavy atom. The van der Waals surface area contributed by atoms with Crippen LogP contribution in [0.25, 0.3) is 6.08 Å². The first-order chi connectivity index (χ1) is 15.5. The molecule has 6 nitrogen and oxygen atoms in total. The molecule has 1 saturated heterocycles. The van der Waals surface area contributed by atoms with Crippen LogP contribution in [0.4, 0.5) is 16.2 Å². The lowest BCUT2D eigenvalue weighted by Gasteiger charge is -2.47. The molecule has 2 aliphatic rings. The van der Waals surface area contributed by atoms with Gasteiger partial charge in [0.15, 0.2) is 0 Å². The van der Waals surface area contributed by atoms with Crippen LogP contribution in [0.1, 0.15) is 56.7 Å². The number of barbiturate groups is 1. The van der Waals surface area contributed by atoms with E-state index in [1.54, 1.807) is 30.3 Å². The number of benzene rings is 2. The van der Waals surface area contributed by atoms with Crippen LogP contribution < -0.4 is 15.1 Å². The van der Waals surface area contributed by atoms with Gasteiger partial charge >= 0.3 is 6.03 Å². The van der Waals surface area contributed by atoms with Crippen LogP contribution in [-0.4, -0.2) is 29.9 Å². The number of fused-ring (bicyclic) bond motifs is 1. The van der Waals surface area contributed by atoms with Gasteiger partial charge in [-0.05, 0) is 99.2 Å². The van der Waals surface area contributed by atoms with Crippen molar-refractivity contribution >= 4 is 51.2 Å². The number of nitrogens with zero attached hydrogens (tertiary/aromatic N) is 2. The van der Waals surface area contributed by atoms with Gasteiger partial charge in [0.25, 0.3) is 11.8 Å². The number of aryl methyl sites for hydroxylation is 1. The summed E-state index contributed by atoms with van der Waals surface area (Å²) in [5.74, 6) is -0.973. The fourth-order valence-corrected chi connectivity index (χ4v) is 5.31. The molecule has 172 valence electrons. The van der Waals surface area contributed by atoms with Crippen LogP contribution in [0.3, 0.4) is 0 Å². The lowest BCUT2D eigenvalue weighted by molar-refractivity contribution is -0.122. The molecule has 1 N–H and O–H groups in total. The van der Waals surface area contributed by atoms with Gasteiger partial charge in [-0.1, -0.05) is 22.9 Å². The summed E-state index contributed by atoms with van der Waals surface area (Å²) in [6.45, 7) is 11.8. The zero-order valence-electron chi connectivity index (χ0n) is 19.5. The molecule has 1 fully saturated rings. The predicted octanol–water partition coefficient (Wildman–Crippen LogP) is 5.54. The molecule has 7 heteroatoms. The van der Waals surface area contributed by atoms with E-state index in [0.717, 1.165) is 33.5 Å². The van der Waals surface area contributed by atoms with Crippen molar-refractivity contribution in [3.63, 3.8) is 0 Å². The van der Waals surface area contributed by atoms with Gasteiger partial charge in [-0.15, -0.1) is 0 Å². The largest absolute Gasteiger partial charge is 0.366 e. The highest BCUT2D eigenvalue weighted by atomic mass is 79.9. The minimum absolute atomic E-state index is 0.0539. The number of carbonyl (C=O) groups excluding carboxylic acids is 3. The van der Waals surface area contributed by atoms with Crippen LogP contribution >= 0.6 is 15.9 Å². The van der Waals surface area contributed by atoms with Crippen LogP contribution in [-0.2, 0) is 9.59 Å². The highest BCUT2D eigenvalue weighted by Crippen LogP contribution is 2.44. The van der Waals surface area contributed by atoms with Crippen LogP contribution in [0.2, 0.25) is 0 Å². The van der Waals surface area contributed by atoms with Crippen molar-refractivity contribution in [1.29, 1.82) is 0 Å². The normalized spacial score (nSPS) is 21.3. The van der Waals surface area contributed by atoms with E-state index in [1.165, 1.54) is 11.3 Å². The Morgan fingerprint density at radius 2 is 1.82 bits per heavy atom. The predicted molar refractivity (Wildman–Crippen MR) is 134 cm³/mol. The lowest BCUT2D eigenvalue weighted by atomic mass is 9.79. The Hall–Kier alpha value is -2.93. The summed E-state index contributed by atoms with van der Waals surface area (Å²) in [6, 6.07) is 10.3. The Labute approximate surface area is 202 Å². The first kappa shape index (κ1) is 23.2. The van der Waals surface area contributed by atoms with E-state index < -0.39 is 17.8 Å². The number of hydrogen-bond donors (Lipinski definition) is 1. The molecule has 0 spiro atoms. The molecular formula is C26H28BrN3O3.